The van der Waals surface area contributed by atoms with Crippen LogP contribution in [0.15, 0.2) is 78.9 Å². The van der Waals surface area contributed by atoms with Crippen molar-refractivity contribution >= 4 is 40.7 Å². The molecule has 0 spiro atoms. The monoisotopic (exact) mass is 446 g/mol. The highest BCUT2D eigenvalue weighted by Crippen LogP contribution is 2.19. The van der Waals surface area contributed by atoms with E-state index in [2.05, 4.69) is 21.5 Å². The first kappa shape index (κ1) is 22.6. The Morgan fingerprint density at radius 3 is 1.91 bits per heavy atom. The predicted octanol–water partition coefficient (Wildman–Crippen LogP) is 3.65. The smallest absolute Gasteiger partial charge is 0.269 e. The third kappa shape index (κ3) is 6.23. The largest absolute Gasteiger partial charge is 0.326 e. The molecule has 3 amide bonds. The molecule has 0 heterocycles. The molecule has 3 aromatic carbocycles. The minimum Gasteiger partial charge on any atom is -0.326 e. The SMILES string of the molecule is CCC(=O)Nc1ccc(C(=O)NNC(=S)NC(=O)c2ccc(-c3ccccc3)cc2)cc1. The Bertz CT molecular complexity index is 1110. The average molecular weight is 447 g/mol. The van der Waals surface area contributed by atoms with E-state index in [9.17, 15) is 14.4 Å². The fourth-order valence-corrected chi connectivity index (χ4v) is 2.93. The van der Waals surface area contributed by atoms with Crippen molar-refractivity contribution in [2.24, 2.45) is 0 Å². The summed E-state index contributed by atoms with van der Waals surface area (Å²) in [5.41, 5.74) is 8.38. The van der Waals surface area contributed by atoms with Gasteiger partial charge in [0.1, 0.15) is 0 Å². The highest BCUT2D eigenvalue weighted by Gasteiger charge is 2.10. The molecule has 0 aliphatic rings. The molecule has 0 saturated heterocycles. The number of hydrogen-bond acceptors (Lipinski definition) is 4. The second kappa shape index (κ2) is 10.8. The molecule has 0 radical (unpaired) electrons. The molecule has 0 fully saturated rings. The van der Waals surface area contributed by atoms with Crippen LogP contribution in [0.3, 0.4) is 0 Å². The summed E-state index contributed by atoms with van der Waals surface area (Å²) in [5.74, 6) is -0.950. The zero-order valence-electron chi connectivity index (χ0n) is 17.3. The average Bonchev–Trinajstić information content (AvgIpc) is 2.83. The van der Waals surface area contributed by atoms with Crippen LogP contribution < -0.4 is 21.5 Å². The standard InChI is InChI=1S/C24H22N4O3S/c1-2-21(29)25-20-14-12-19(13-15-20)23(31)27-28-24(32)26-22(30)18-10-8-17(9-11-18)16-6-4-3-5-7-16/h3-15H,2H2,1H3,(H,25,29)(H,27,31)(H2,26,28,30,32). The van der Waals surface area contributed by atoms with Crippen LogP contribution in [-0.2, 0) is 4.79 Å². The fraction of sp³-hybridized carbons (Fsp3) is 0.0833. The number of hydrogen-bond donors (Lipinski definition) is 4. The fourth-order valence-electron chi connectivity index (χ4n) is 2.79. The zero-order valence-corrected chi connectivity index (χ0v) is 18.2. The van der Waals surface area contributed by atoms with Gasteiger partial charge in [-0.2, -0.15) is 0 Å². The van der Waals surface area contributed by atoms with Crippen molar-refractivity contribution in [1.29, 1.82) is 0 Å². The number of thiocarbonyl (C=S) groups is 1. The van der Waals surface area contributed by atoms with E-state index in [4.69, 9.17) is 12.2 Å². The third-order valence-electron chi connectivity index (χ3n) is 4.52. The van der Waals surface area contributed by atoms with Crippen molar-refractivity contribution in [3.8, 4) is 11.1 Å². The maximum absolute atomic E-state index is 12.4. The van der Waals surface area contributed by atoms with E-state index >= 15 is 0 Å². The van der Waals surface area contributed by atoms with Crippen molar-refractivity contribution < 1.29 is 14.4 Å². The van der Waals surface area contributed by atoms with Crippen LogP contribution in [0.1, 0.15) is 34.1 Å². The summed E-state index contributed by atoms with van der Waals surface area (Å²) < 4.78 is 0. The van der Waals surface area contributed by atoms with Gasteiger partial charge in [0, 0.05) is 23.2 Å². The summed E-state index contributed by atoms with van der Waals surface area (Å²) in [6, 6.07) is 23.3. The third-order valence-corrected chi connectivity index (χ3v) is 4.73. The van der Waals surface area contributed by atoms with Crippen molar-refractivity contribution in [2.45, 2.75) is 13.3 Å². The Hall–Kier alpha value is -4.04. The van der Waals surface area contributed by atoms with Crippen molar-refractivity contribution in [3.05, 3.63) is 90.0 Å². The van der Waals surface area contributed by atoms with Gasteiger partial charge in [-0.05, 0) is 59.7 Å². The van der Waals surface area contributed by atoms with Crippen LogP contribution in [0.4, 0.5) is 5.69 Å². The van der Waals surface area contributed by atoms with Gasteiger partial charge in [-0.1, -0.05) is 49.4 Å². The zero-order chi connectivity index (χ0) is 22.9. The van der Waals surface area contributed by atoms with Crippen LogP contribution >= 0.6 is 12.2 Å². The van der Waals surface area contributed by atoms with Crippen molar-refractivity contribution in [1.82, 2.24) is 16.2 Å². The molecule has 7 nitrogen and oxygen atoms in total. The molecule has 0 aliphatic heterocycles. The lowest BCUT2D eigenvalue weighted by atomic mass is 10.0. The summed E-state index contributed by atoms with van der Waals surface area (Å²) in [5, 5.41) is 5.18. The quantitative estimate of drug-likeness (QED) is 0.354. The molecule has 8 heteroatoms. The summed E-state index contributed by atoms with van der Waals surface area (Å²) in [7, 11) is 0. The number of hydrazine groups is 1. The number of anilines is 1. The first-order valence-electron chi connectivity index (χ1n) is 9.93. The summed E-state index contributed by atoms with van der Waals surface area (Å²) in [6.45, 7) is 1.75. The second-order valence-electron chi connectivity index (χ2n) is 6.78. The Labute approximate surface area is 191 Å². The Balaban J connectivity index is 1.49. The van der Waals surface area contributed by atoms with E-state index in [0.717, 1.165) is 11.1 Å². The molecule has 0 unspecified atom stereocenters. The van der Waals surface area contributed by atoms with Gasteiger partial charge in [0.25, 0.3) is 11.8 Å². The van der Waals surface area contributed by atoms with Gasteiger partial charge in [-0.3, -0.25) is 30.6 Å². The van der Waals surface area contributed by atoms with E-state index in [0.29, 0.717) is 23.2 Å². The molecule has 3 rings (SSSR count). The van der Waals surface area contributed by atoms with E-state index < -0.39 is 11.8 Å². The van der Waals surface area contributed by atoms with Gasteiger partial charge >= 0.3 is 0 Å². The number of amides is 3. The van der Waals surface area contributed by atoms with E-state index in [1.165, 1.54) is 0 Å². The minimum absolute atomic E-state index is 0.0395. The number of carbonyl (C=O) groups excluding carboxylic acids is 3. The van der Waals surface area contributed by atoms with Crippen LogP contribution in [0.25, 0.3) is 11.1 Å². The summed E-state index contributed by atoms with van der Waals surface area (Å²) >= 11 is 5.08. The Morgan fingerprint density at radius 2 is 1.28 bits per heavy atom. The highest BCUT2D eigenvalue weighted by atomic mass is 32.1. The molecular weight excluding hydrogens is 424 g/mol. The van der Waals surface area contributed by atoms with Crippen LogP contribution in [0.5, 0.6) is 0 Å². The molecular formula is C24H22N4O3S. The topological polar surface area (TPSA) is 99.3 Å². The van der Waals surface area contributed by atoms with E-state index in [1.54, 1.807) is 43.3 Å². The van der Waals surface area contributed by atoms with E-state index in [-0.39, 0.29) is 11.0 Å². The number of benzene rings is 3. The van der Waals surface area contributed by atoms with Crippen LogP contribution in [0.2, 0.25) is 0 Å². The lowest BCUT2D eigenvalue weighted by molar-refractivity contribution is -0.115. The lowest BCUT2D eigenvalue weighted by Crippen LogP contribution is -2.48. The molecule has 3 aromatic rings. The first-order chi connectivity index (χ1) is 15.5. The van der Waals surface area contributed by atoms with Gasteiger partial charge in [-0.15, -0.1) is 0 Å². The first-order valence-corrected chi connectivity index (χ1v) is 10.3. The number of nitrogens with one attached hydrogen (secondary N) is 4. The van der Waals surface area contributed by atoms with Gasteiger partial charge < -0.3 is 5.32 Å². The normalized spacial score (nSPS) is 10.0. The minimum atomic E-state index is -0.442. The van der Waals surface area contributed by atoms with Crippen molar-refractivity contribution in [2.75, 3.05) is 5.32 Å². The maximum Gasteiger partial charge on any atom is 0.269 e. The maximum atomic E-state index is 12.4. The molecule has 0 aliphatic carbocycles. The molecule has 0 bridgehead atoms. The van der Waals surface area contributed by atoms with Crippen LogP contribution in [-0.4, -0.2) is 22.8 Å². The van der Waals surface area contributed by atoms with Gasteiger partial charge in [0.2, 0.25) is 5.91 Å². The molecule has 0 aromatic heterocycles. The van der Waals surface area contributed by atoms with Crippen LogP contribution in [0, 0.1) is 0 Å². The molecule has 32 heavy (non-hydrogen) atoms. The molecule has 0 atom stereocenters. The summed E-state index contributed by atoms with van der Waals surface area (Å²) in [6.07, 6.45) is 0.368. The summed E-state index contributed by atoms with van der Waals surface area (Å²) in [4.78, 5) is 36.0. The van der Waals surface area contributed by atoms with Crippen molar-refractivity contribution in [3.63, 3.8) is 0 Å². The second-order valence-corrected chi connectivity index (χ2v) is 7.19. The van der Waals surface area contributed by atoms with Gasteiger partial charge in [0.05, 0.1) is 0 Å². The molecule has 162 valence electrons. The lowest BCUT2D eigenvalue weighted by Gasteiger charge is -2.11. The predicted molar refractivity (Wildman–Crippen MR) is 128 cm³/mol. The molecule has 0 saturated carbocycles. The highest BCUT2D eigenvalue weighted by molar-refractivity contribution is 7.80. The Kier molecular flexibility index (Phi) is 7.66. The van der Waals surface area contributed by atoms with E-state index in [1.807, 2.05) is 42.5 Å². The van der Waals surface area contributed by atoms with Gasteiger partial charge in [-0.25, -0.2) is 0 Å². The molecule has 4 N–H and O–H groups in total. The van der Waals surface area contributed by atoms with Gasteiger partial charge in [0.15, 0.2) is 5.11 Å². The number of rotatable bonds is 5. The Morgan fingerprint density at radius 1 is 0.719 bits per heavy atom. The number of carbonyl (C=O) groups is 3.